The number of alkyl halides is 3. The monoisotopic (exact) mass is 374 g/mol. The molecule has 10 heteroatoms. The second-order valence-corrected chi connectivity index (χ2v) is 5.73. The number of nitrogens with two attached hydrogens (primary N) is 1. The molecule has 0 bridgehead atoms. The fourth-order valence-corrected chi connectivity index (χ4v) is 2.49. The Kier molecular flexibility index (Phi) is 5.98. The molecule has 6 nitrogen and oxygen atoms in total. The van der Waals surface area contributed by atoms with E-state index in [-0.39, 0.29) is 11.9 Å². The van der Waals surface area contributed by atoms with Gasteiger partial charge in [0.25, 0.3) is 0 Å². The van der Waals surface area contributed by atoms with Crippen LogP contribution in [-0.4, -0.2) is 33.6 Å². The molecule has 1 unspecified atom stereocenters. The van der Waals surface area contributed by atoms with Gasteiger partial charge in [0.1, 0.15) is 5.82 Å². The predicted molar refractivity (Wildman–Crippen MR) is 85.6 cm³/mol. The van der Waals surface area contributed by atoms with E-state index in [1.54, 1.807) is 19.1 Å². The van der Waals surface area contributed by atoms with E-state index < -0.39 is 12.1 Å². The first kappa shape index (κ1) is 19.9. The summed E-state index contributed by atoms with van der Waals surface area (Å²) in [6, 6.07) is 4.92. The lowest BCUT2D eigenvalue weighted by atomic mass is 10.0. The summed E-state index contributed by atoms with van der Waals surface area (Å²) >= 11 is 0. The van der Waals surface area contributed by atoms with Crippen molar-refractivity contribution >= 4 is 5.97 Å². The molecule has 1 aliphatic rings. The van der Waals surface area contributed by atoms with Crippen LogP contribution < -0.4 is 11.1 Å². The summed E-state index contributed by atoms with van der Waals surface area (Å²) in [5, 5.41) is 14.8. The van der Waals surface area contributed by atoms with Gasteiger partial charge >= 0.3 is 12.1 Å². The van der Waals surface area contributed by atoms with Crippen LogP contribution in [-0.2, 0) is 17.9 Å². The van der Waals surface area contributed by atoms with Gasteiger partial charge in [-0.05, 0) is 18.6 Å². The van der Waals surface area contributed by atoms with Gasteiger partial charge in [-0.2, -0.15) is 18.3 Å². The van der Waals surface area contributed by atoms with E-state index in [2.05, 4.69) is 10.4 Å². The van der Waals surface area contributed by atoms with Gasteiger partial charge < -0.3 is 16.2 Å². The van der Waals surface area contributed by atoms with E-state index in [0.717, 1.165) is 36.5 Å². The lowest BCUT2D eigenvalue weighted by molar-refractivity contribution is -0.192. The van der Waals surface area contributed by atoms with Crippen LogP contribution in [0.3, 0.4) is 0 Å². The van der Waals surface area contributed by atoms with Crippen molar-refractivity contribution < 1.29 is 27.5 Å². The molecule has 1 aliphatic heterocycles. The second kappa shape index (κ2) is 7.83. The van der Waals surface area contributed by atoms with Crippen LogP contribution in [0.25, 0.3) is 11.1 Å². The summed E-state index contributed by atoms with van der Waals surface area (Å²) in [6.07, 6.45) is -3.28. The third kappa shape index (κ3) is 4.58. The van der Waals surface area contributed by atoms with E-state index in [1.165, 1.54) is 0 Å². The number of aliphatic carboxylic acids is 1. The molecular formula is C16H18F4N4O2. The molecule has 1 atom stereocenters. The number of hydrogen-bond donors (Lipinski definition) is 3. The van der Waals surface area contributed by atoms with Crippen LogP contribution in [0.4, 0.5) is 17.6 Å². The number of nitrogens with one attached hydrogen (secondary N) is 1. The molecule has 1 aromatic carbocycles. The van der Waals surface area contributed by atoms with E-state index >= 15 is 0 Å². The quantitative estimate of drug-likeness (QED) is 0.702. The van der Waals surface area contributed by atoms with Gasteiger partial charge in [0, 0.05) is 30.3 Å². The minimum Gasteiger partial charge on any atom is -0.475 e. The minimum atomic E-state index is -5.08. The van der Waals surface area contributed by atoms with Crippen molar-refractivity contribution in [3.63, 3.8) is 0 Å². The highest BCUT2D eigenvalue weighted by molar-refractivity contribution is 5.73. The zero-order valence-corrected chi connectivity index (χ0v) is 13.8. The number of carbonyl (C=O) groups is 1. The Morgan fingerprint density at radius 1 is 1.42 bits per heavy atom. The average Bonchev–Trinajstić information content (AvgIpc) is 2.98. The average molecular weight is 374 g/mol. The number of aromatic nitrogens is 2. The molecule has 4 N–H and O–H groups in total. The first-order chi connectivity index (χ1) is 12.1. The van der Waals surface area contributed by atoms with Crippen LogP contribution in [0, 0.1) is 5.82 Å². The fraction of sp³-hybridized carbons (Fsp3) is 0.375. The lowest BCUT2D eigenvalue weighted by Crippen LogP contribution is -2.28. The molecule has 0 amide bonds. The number of benzene rings is 1. The molecule has 0 saturated heterocycles. The maximum absolute atomic E-state index is 14.0. The standard InChI is InChI=1S/C14H17FN4.C2HF3O2/c1-9(16)11-3-2-10(6-13(11)15)12-7-18-19-5-4-17-8-14(12)19;3-2(4,5)1(6)7/h2-3,6-7,9,17H,4-5,8,16H2,1H3;(H,6,7). The largest absolute Gasteiger partial charge is 0.490 e. The van der Waals surface area contributed by atoms with Crippen LogP contribution in [0.1, 0.15) is 24.2 Å². The SMILES string of the molecule is CC(N)c1ccc(-c2cnn3c2CNCC3)cc1F.O=C(O)C(F)(F)F. The van der Waals surface area contributed by atoms with Crippen LogP contribution in [0.2, 0.25) is 0 Å². The summed E-state index contributed by atoms with van der Waals surface area (Å²) in [5.74, 6) is -3.01. The molecule has 2 heterocycles. The molecule has 0 fully saturated rings. The van der Waals surface area contributed by atoms with Gasteiger partial charge in [0.2, 0.25) is 0 Å². The summed E-state index contributed by atoms with van der Waals surface area (Å²) in [6.45, 7) is 4.33. The van der Waals surface area contributed by atoms with Crippen molar-refractivity contribution in [2.75, 3.05) is 6.54 Å². The topological polar surface area (TPSA) is 93.2 Å². The Morgan fingerprint density at radius 2 is 2.08 bits per heavy atom. The minimum absolute atomic E-state index is 0.254. The van der Waals surface area contributed by atoms with Crippen molar-refractivity contribution in [2.45, 2.75) is 32.2 Å². The molecule has 142 valence electrons. The zero-order valence-electron chi connectivity index (χ0n) is 13.8. The van der Waals surface area contributed by atoms with Gasteiger partial charge in [-0.3, -0.25) is 4.68 Å². The van der Waals surface area contributed by atoms with Gasteiger partial charge in [-0.15, -0.1) is 0 Å². The smallest absolute Gasteiger partial charge is 0.475 e. The maximum atomic E-state index is 14.0. The molecule has 2 aromatic rings. The van der Waals surface area contributed by atoms with E-state index in [1.807, 2.05) is 16.9 Å². The molecule has 1 aromatic heterocycles. The van der Waals surface area contributed by atoms with Gasteiger partial charge in [0.05, 0.1) is 18.4 Å². The van der Waals surface area contributed by atoms with Crippen LogP contribution >= 0.6 is 0 Å². The summed E-state index contributed by atoms with van der Waals surface area (Å²) < 4.78 is 47.7. The third-order valence-corrected chi connectivity index (χ3v) is 3.79. The lowest BCUT2D eigenvalue weighted by Gasteiger charge is -2.16. The summed E-state index contributed by atoms with van der Waals surface area (Å²) in [5.41, 5.74) is 9.22. The Balaban J connectivity index is 0.000000298. The number of carboxylic acids is 1. The third-order valence-electron chi connectivity index (χ3n) is 3.79. The van der Waals surface area contributed by atoms with E-state index in [0.29, 0.717) is 5.56 Å². The molecule has 0 saturated carbocycles. The highest BCUT2D eigenvalue weighted by Gasteiger charge is 2.38. The maximum Gasteiger partial charge on any atom is 0.490 e. The molecule has 0 spiro atoms. The molecule has 3 rings (SSSR count). The Hall–Kier alpha value is -2.46. The summed E-state index contributed by atoms with van der Waals surface area (Å²) in [7, 11) is 0. The molecule has 0 aliphatic carbocycles. The zero-order chi connectivity index (χ0) is 19.5. The van der Waals surface area contributed by atoms with Crippen LogP contribution in [0.15, 0.2) is 24.4 Å². The van der Waals surface area contributed by atoms with Crippen LogP contribution in [0.5, 0.6) is 0 Å². The highest BCUT2D eigenvalue weighted by atomic mass is 19.4. The van der Waals surface area contributed by atoms with Crippen molar-refractivity contribution in [1.29, 1.82) is 0 Å². The number of fused-ring (bicyclic) bond motifs is 1. The molecule has 26 heavy (non-hydrogen) atoms. The van der Waals surface area contributed by atoms with Crippen molar-refractivity contribution in [2.24, 2.45) is 5.73 Å². The number of nitrogens with zero attached hydrogens (tertiary/aromatic N) is 2. The summed E-state index contributed by atoms with van der Waals surface area (Å²) in [4.78, 5) is 8.90. The Morgan fingerprint density at radius 3 is 2.62 bits per heavy atom. The first-order valence-electron chi connectivity index (χ1n) is 7.72. The van der Waals surface area contributed by atoms with E-state index in [4.69, 9.17) is 15.6 Å². The number of rotatable bonds is 2. The number of carboxylic acid groups (broad SMARTS) is 1. The number of hydrogen-bond acceptors (Lipinski definition) is 4. The van der Waals surface area contributed by atoms with Gasteiger partial charge in [-0.1, -0.05) is 12.1 Å². The molecular weight excluding hydrogens is 356 g/mol. The highest BCUT2D eigenvalue weighted by Crippen LogP contribution is 2.27. The van der Waals surface area contributed by atoms with Gasteiger partial charge in [0.15, 0.2) is 0 Å². The predicted octanol–water partition coefficient (Wildman–Crippen LogP) is 2.45. The Labute approximate surface area is 146 Å². The van der Waals surface area contributed by atoms with Crippen molar-refractivity contribution in [3.8, 4) is 11.1 Å². The van der Waals surface area contributed by atoms with Crippen molar-refractivity contribution in [3.05, 3.63) is 41.5 Å². The number of halogens is 4. The van der Waals surface area contributed by atoms with Gasteiger partial charge in [-0.25, -0.2) is 9.18 Å². The first-order valence-corrected chi connectivity index (χ1v) is 7.72. The van der Waals surface area contributed by atoms with E-state index in [9.17, 15) is 17.6 Å². The normalized spacial score (nSPS) is 14.8. The molecule has 0 radical (unpaired) electrons. The second-order valence-electron chi connectivity index (χ2n) is 5.73. The van der Waals surface area contributed by atoms with Crippen molar-refractivity contribution in [1.82, 2.24) is 15.1 Å². The fourth-order valence-electron chi connectivity index (χ4n) is 2.49. The Bertz CT molecular complexity index is 787.